The van der Waals surface area contributed by atoms with Gasteiger partial charge in [-0.1, -0.05) is 0 Å². The van der Waals surface area contributed by atoms with E-state index in [9.17, 15) is 0 Å². The molecule has 0 amide bonds. The molecular weight excluding hydrogens is 198 g/mol. The van der Waals surface area contributed by atoms with E-state index in [0.717, 1.165) is 17.3 Å². The summed E-state index contributed by atoms with van der Waals surface area (Å²) in [5.41, 5.74) is 0.873. The molecule has 1 atom stereocenters. The Balaban J connectivity index is 2.00. The lowest BCUT2D eigenvalue weighted by atomic mass is 10.1. The van der Waals surface area contributed by atoms with Crippen LogP contribution in [0.2, 0.25) is 0 Å². The Bertz CT molecular complexity index is 281. The highest BCUT2D eigenvalue weighted by molar-refractivity contribution is 7.99. The fraction of sp³-hybridized carbons (Fsp3) is 0.700. The summed E-state index contributed by atoms with van der Waals surface area (Å²) in [4.78, 5) is 4.38. The molecule has 1 aromatic rings. The first kappa shape index (κ1) is 10.1. The Kier molecular flexibility index (Phi) is 3.48. The van der Waals surface area contributed by atoms with Crippen LogP contribution in [-0.2, 0) is 6.42 Å². The van der Waals surface area contributed by atoms with Crippen molar-refractivity contribution in [3.8, 4) is 0 Å². The second-order valence-corrected chi connectivity index (χ2v) is 4.71. The molecular formula is C10H15NO2S. The van der Waals surface area contributed by atoms with Crippen LogP contribution in [0.5, 0.6) is 0 Å². The van der Waals surface area contributed by atoms with Gasteiger partial charge < -0.3 is 9.52 Å². The number of aromatic nitrogens is 1. The van der Waals surface area contributed by atoms with E-state index in [0.29, 0.717) is 12.3 Å². The van der Waals surface area contributed by atoms with Gasteiger partial charge in [-0.3, -0.25) is 0 Å². The predicted molar refractivity (Wildman–Crippen MR) is 56.6 cm³/mol. The van der Waals surface area contributed by atoms with Crippen molar-refractivity contribution in [1.29, 1.82) is 0 Å². The zero-order valence-corrected chi connectivity index (χ0v) is 8.92. The summed E-state index contributed by atoms with van der Waals surface area (Å²) in [7, 11) is 0. The maximum atomic E-state index is 8.75. The lowest BCUT2D eigenvalue weighted by molar-refractivity contribution is 0.298. The number of aliphatic hydroxyl groups is 1. The van der Waals surface area contributed by atoms with E-state index in [1.54, 1.807) is 6.26 Å². The van der Waals surface area contributed by atoms with E-state index in [-0.39, 0.29) is 6.61 Å². The molecule has 78 valence electrons. The van der Waals surface area contributed by atoms with E-state index in [2.05, 4.69) is 4.98 Å². The molecule has 0 bridgehead atoms. The van der Waals surface area contributed by atoms with Crippen molar-refractivity contribution in [2.75, 3.05) is 18.1 Å². The van der Waals surface area contributed by atoms with Crippen LogP contribution in [0.15, 0.2) is 10.7 Å². The minimum absolute atomic E-state index is 0.144. The molecule has 0 aromatic carbocycles. The van der Waals surface area contributed by atoms with Crippen LogP contribution < -0.4 is 0 Å². The van der Waals surface area contributed by atoms with Crippen molar-refractivity contribution in [3.63, 3.8) is 0 Å². The van der Waals surface area contributed by atoms with Crippen molar-refractivity contribution in [2.24, 2.45) is 0 Å². The van der Waals surface area contributed by atoms with Gasteiger partial charge in [-0.15, -0.1) is 0 Å². The number of thioether (sulfide) groups is 1. The minimum atomic E-state index is 0.144. The fourth-order valence-electron chi connectivity index (χ4n) is 1.68. The zero-order chi connectivity index (χ0) is 9.80. The van der Waals surface area contributed by atoms with Gasteiger partial charge in [0.1, 0.15) is 6.26 Å². The summed E-state index contributed by atoms with van der Waals surface area (Å²) < 4.78 is 5.42. The molecule has 1 fully saturated rings. The van der Waals surface area contributed by atoms with Crippen LogP contribution in [0, 0.1) is 0 Å². The van der Waals surface area contributed by atoms with Crippen LogP contribution in [0.1, 0.15) is 30.3 Å². The van der Waals surface area contributed by atoms with Gasteiger partial charge in [-0.2, -0.15) is 11.8 Å². The Hall–Kier alpha value is -0.480. The van der Waals surface area contributed by atoms with Gasteiger partial charge in [-0.25, -0.2) is 4.98 Å². The van der Waals surface area contributed by atoms with Gasteiger partial charge in [0.15, 0.2) is 5.89 Å². The van der Waals surface area contributed by atoms with Gasteiger partial charge in [0, 0.05) is 24.7 Å². The summed E-state index contributed by atoms with van der Waals surface area (Å²) in [6, 6.07) is 0. The van der Waals surface area contributed by atoms with E-state index >= 15 is 0 Å². The smallest absolute Gasteiger partial charge is 0.198 e. The first-order chi connectivity index (χ1) is 6.90. The quantitative estimate of drug-likeness (QED) is 0.832. The van der Waals surface area contributed by atoms with Gasteiger partial charge in [0.25, 0.3) is 0 Å². The number of aliphatic hydroxyl groups excluding tert-OH is 1. The molecule has 0 spiro atoms. The van der Waals surface area contributed by atoms with Gasteiger partial charge >= 0.3 is 0 Å². The molecule has 2 rings (SSSR count). The lowest BCUT2D eigenvalue weighted by Crippen LogP contribution is -2.09. The normalized spacial score (nSPS) is 22.5. The standard InChI is InChI=1S/C10H15NO2S/c12-4-3-9-6-13-10(11-9)8-2-1-5-14-7-8/h6,8,12H,1-5,7H2. The Labute approximate surface area is 87.9 Å². The first-order valence-electron chi connectivity index (χ1n) is 5.03. The minimum Gasteiger partial charge on any atom is -0.448 e. The van der Waals surface area contributed by atoms with E-state index < -0.39 is 0 Å². The average molecular weight is 213 g/mol. The second-order valence-electron chi connectivity index (χ2n) is 3.56. The third-order valence-electron chi connectivity index (χ3n) is 2.45. The summed E-state index contributed by atoms with van der Waals surface area (Å²) >= 11 is 1.97. The van der Waals surface area contributed by atoms with Gasteiger partial charge in [0.05, 0.1) is 5.69 Å². The Morgan fingerprint density at radius 1 is 1.64 bits per heavy atom. The SMILES string of the molecule is OCCc1coc(C2CCCSC2)n1. The molecule has 1 aliphatic rings. The zero-order valence-electron chi connectivity index (χ0n) is 8.11. The third kappa shape index (κ3) is 2.30. The van der Waals surface area contributed by atoms with Gasteiger partial charge in [0.2, 0.25) is 0 Å². The summed E-state index contributed by atoms with van der Waals surface area (Å²) in [5.74, 6) is 3.74. The molecule has 1 saturated heterocycles. The van der Waals surface area contributed by atoms with Gasteiger partial charge in [-0.05, 0) is 18.6 Å². The number of hydrogen-bond donors (Lipinski definition) is 1. The molecule has 0 radical (unpaired) electrons. The predicted octanol–water partition coefficient (Wildman–Crippen LogP) is 1.82. The molecule has 2 heterocycles. The Morgan fingerprint density at radius 3 is 3.29 bits per heavy atom. The van der Waals surface area contributed by atoms with Crippen molar-refractivity contribution in [2.45, 2.75) is 25.2 Å². The molecule has 14 heavy (non-hydrogen) atoms. The molecule has 1 aromatic heterocycles. The van der Waals surface area contributed by atoms with Crippen molar-refractivity contribution in [1.82, 2.24) is 4.98 Å². The van der Waals surface area contributed by atoms with Crippen LogP contribution in [-0.4, -0.2) is 28.2 Å². The number of rotatable bonds is 3. The maximum absolute atomic E-state index is 8.75. The van der Waals surface area contributed by atoms with Crippen LogP contribution in [0.25, 0.3) is 0 Å². The topological polar surface area (TPSA) is 46.3 Å². The molecule has 0 saturated carbocycles. The number of hydrogen-bond acceptors (Lipinski definition) is 4. The van der Waals surface area contributed by atoms with Crippen LogP contribution >= 0.6 is 11.8 Å². The monoisotopic (exact) mass is 213 g/mol. The highest BCUT2D eigenvalue weighted by Gasteiger charge is 2.20. The number of nitrogens with zero attached hydrogens (tertiary/aromatic N) is 1. The largest absolute Gasteiger partial charge is 0.448 e. The molecule has 1 unspecified atom stereocenters. The fourth-order valence-corrected chi connectivity index (χ4v) is 2.81. The van der Waals surface area contributed by atoms with Crippen LogP contribution in [0.3, 0.4) is 0 Å². The summed E-state index contributed by atoms with van der Waals surface area (Å²) in [5, 5.41) is 8.75. The second kappa shape index (κ2) is 4.84. The van der Waals surface area contributed by atoms with Crippen molar-refractivity contribution >= 4 is 11.8 Å². The first-order valence-corrected chi connectivity index (χ1v) is 6.18. The van der Waals surface area contributed by atoms with Crippen molar-refractivity contribution < 1.29 is 9.52 Å². The van der Waals surface area contributed by atoms with E-state index in [4.69, 9.17) is 9.52 Å². The molecule has 0 aliphatic carbocycles. The summed E-state index contributed by atoms with van der Waals surface area (Å²) in [6.07, 6.45) is 4.72. The molecule has 1 N–H and O–H groups in total. The maximum Gasteiger partial charge on any atom is 0.198 e. The number of oxazole rings is 1. The van der Waals surface area contributed by atoms with E-state index in [1.165, 1.54) is 18.6 Å². The lowest BCUT2D eigenvalue weighted by Gasteiger charge is -2.17. The van der Waals surface area contributed by atoms with E-state index in [1.807, 2.05) is 11.8 Å². The summed E-state index contributed by atoms with van der Waals surface area (Å²) in [6.45, 7) is 0.144. The third-order valence-corrected chi connectivity index (χ3v) is 3.66. The molecule has 3 nitrogen and oxygen atoms in total. The highest BCUT2D eigenvalue weighted by Crippen LogP contribution is 2.30. The molecule has 4 heteroatoms. The van der Waals surface area contributed by atoms with Crippen LogP contribution in [0.4, 0.5) is 0 Å². The van der Waals surface area contributed by atoms with Crippen molar-refractivity contribution in [3.05, 3.63) is 17.8 Å². The molecule has 1 aliphatic heterocycles. The Morgan fingerprint density at radius 2 is 2.57 bits per heavy atom. The highest BCUT2D eigenvalue weighted by atomic mass is 32.2. The average Bonchev–Trinajstić information content (AvgIpc) is 2.68.